The summed E-state index contributed by atoms with van der Waals surface area (Å²) in [5.41, 5.74) is 0.0426. The highest BCUT2D eigenvalue weighted by Crippen LogP contribution is 2.37. The summed E-state index contributed by atoms with van der Waals surface area (Å²) >= 11 is 12.1. The number of imidazole rings is 1. The molecule has 34 heavy (non-hydrogen) atoms. The van der Waals surface area contributed by atoms with Crippen LogP contribution in [0.25, 0.3) is 11.0 Å². The van der Waals surface area contributed by atoms with Crippen molar-refractivity contribution in [1.29, 1.82) is 0 Å². The summed E-state index contributed by atoms with van der Waals surface area (Å²) in [6, 6.07) is 10.3. The van der Waals surface area contributed by atoms with Gasteiger partial charge in [-0.3, -0.25) is 9.78 Å². The largest absolute Gasteiger partial charge is 0.449 e. The summed E-state index contributed by atoms with van der Waals surface area (Å²) in [6.07, 6.45) is -1.76. The van der Waals surface area contributed by atoms with Crippen molar-refractivity contribution in [2.75, 3.05) is 5.32 Å². The highest BCUT2D eigenvalue weighted by Gasteiger charge is 2.40. The first-order chi connectivity index (χ1) is 15.7. The van der Waals surface area contributed by atoms with Gasteiger partial charge in [0.15, 0.2) is 0 Å². The number of anilines is 1. The lowest BCUT2D eigenvalue weighted by Gasteiger charge is -2.18. The maximum atomic E-state index is 13.9. The van der Waals surface area contributed by atoms with Crippen LogP contribution in [0, 0.1) is 0 Å². The standard InChI is InChI=1S/C22H13Cl2F3N4O2.ClH/c23-13-5-1-6-14(24)18(13)20(33)29-15-7-2-8-16-19(15)30-21(22(25,26)27)31(16)17(11-32)12-4-3-9-28-10-12;/h1-11,17H,(H,29,33);1H. The Hall–Kier alpha value is -3.14. The zero-order chi connectivity index (χ0) is 23.8. The molecule has 0 saturated heterocycles. The molecule has 0 fully saturated rings. The molecule has 4 rings (SSSR count). The first-order valence-corrected chi connectivity index (χ1v) is 10.2. The zero-order valence-electron chi connectivity index (χ0n) is 16.9. The molecule has 2 aromatic carbocycles. The van der Waals surface area contributed by atoms with Gasteiger partial charge in [-0.05, 0) is 30.3 Å². The highest BCUT2D eigenvalue weighted by atomic mass is 35.5. The van der Waals surface area contributed by atoms with Crippen LogP contribution < -0.4 is 5.32 Å². The van der Waals surface area contributed by atoms with Crippen LogP contribution in [0.1, 0.15) is 27.8 Å². The smallest absolute Gasteiger partial charge is 0.320 e. The van der Waals surface area contributed by atoms with E-state index >= 15 is 0 Å². The van der Waals surface area contributed by atoms with E-state index in [-0.39, 0.29) is 50.3 Å². The number of aromatic nitrogens is 3. The molecular weight excluding hydrogens is 516 g/mol. The van der Waals surface area contributed by atoms with Gasteiger partial charge in [0.1, 0.15) is 17.8 Å². The fraction of sp³-hybridized carbons (Fsp3) is 0.0909. The van der Waals surface area contributed by atoms with Crippen molar-refractivity contribution >= 4 is 64.5 Å². The number of fused-ring (bicyclic) bond motifs is 1. The lowest BCUT2D eigenvalue weighted by Crippen LogP contribution is -2.21. The highest BCUT2D eigenvalue weighted by molar-refractivity contribution is 6.40. The fourth-order valence-corrected chi connectivity index (χ4v) is 4.01. The van der Waals surface area contributed by atoms with E-state index in [2.05, 4.69) is 15.3 Å². The van der Waals surface area contributed by atoms with E-state index in [1.54, 1.807) is 6.07 Å². The molecule has 1 amide bonds. The molecule has 2 aromatic heterocycles. The Labute approximate surface area is 207 Å². The van der Waals surface area contributed by atoms with Crippen LogP contribution in [-0.4, -0.2) is 26.7 Å². The summed E-state index contributed by atoms with van der Waals surface area (Å²) in [6.45, 7) is 0. The van der Waals surface area contributed by atoms with E-state index in [1.807, 2.05) is 0 Å². The molecule has 0 aliphatic heterocycles. The van der Waals surface area contributed by atoms with Gasteiger partial charge in [-0.1, -0.05) is 41.4 Å². The number of halogens is 6. The summed E-state index contributed by atoms with van der Waals surface area (Å²) in [7, 11) is 0. The predicted octanol–water partition coefficient (Wildman–Crippen LogP) is 6.22. The van der Waals surface area contributed by atoms with Crippen LogP contribution >= 0.6 is 35.6 Å². The molecule has 0 saturated carbocycles. The van der Waals surface area contributed by atoms with Gasteiger partial charge in [0.2, 0.25) is 5.82 Å². The second kappa shape index (κ2) is 10.0. The van der Waals surface area contributed by atoms with Gasteiger partial charge >= 0.3 is 6.18 Å². The lowest BCUT2D eigenvalue weighted by molar-refractivity contribution is -0.147. The fourth-order valence-electron chi connectivity index (χ4n) is 3.44. The molecule has 176 valence electrons. The minimum absolute atomic E-state index is 0. The first kappa shape index (κ1) is 25.5. The Morgan fingerprint density at radius 2 is 1.74 bits per heavy atom. The summed E-state index contributed by atoms with van der Waals surface area (Å²) < 4.78 is 42.6. The van der Waals surface area contributed by atoms with Crippen molar-refractivity contribution in [3.05, 3.63) is 87.9 Å². The number of hydrogen-bond acceptors (Lipinski definition) is 4. The summed E-state index contributed by atoms with van der Waals surface area (Å²) in [5, 5.41) is 2.67. The van der Waals surface area contributed by atoms with E-state index in [0.29, 0.717) is 6.29 Å². The van der Waals surface area contributed by atoms with Gasteiger partial charge in [0.05, 0.1) is 26.8 Å². The van der Waals surface area contributed by atoms with Crippen LogP contribution in [0.15, 0.2) is 60.9 Å². The third kappa shape index (κ3) is 4.72. The van der Waals surface area contributed by atoms with Crippen LogP contribution in [0.5, 0.6) is 0 Å². The Morgan fingerprint density at radius 1 is 1.06 bits per heavy atom. The molecule has 0 spiro atoms. The topological polar surface area (TPSA) is 76.9 Å². The van der Waals surface area contributed by atoms with Gasteiger partial charge in [-0.15, -0.1) is 12.4 Å². The Kier molecular flexibility index (Phi) is 7.50. The number of rotatable bonds is 5. The molecule has 1 unspecified atom stereocenters. The minimum Gasteiger partial charge on any atom is -0.320 e. The van der Waals surface area contributed by atoms with E-state index in [0.717, 1.165) is 4.57 Å². The van der Waals surface area contributed by atoms with E-state index in [1.165, 1.54) is 54.9 Å². The third-order valence-corrected chi connectivity index (χ3v) is 5.47. The Morgan fingerprint density at radius 3 is 2.32 bits per heavy atom. The van der Waals surface area contributed by atoms with Crippen LogP contribution in [0.2, 0.25) is 10.0 Å². The molecule has 1 N–H and O–H groups in total. The van der Waals surface area contributed by atoms with Crippen molar-refractivity contribution in [1.82, 2.24) is 14.5 Å². The maximum absolute atomic E-state index is 13.9. The average Bonchev–Trinajstić information content (AvgIpc) is 3.16. The van der Waals surface area contributed by atoms with Crippen LogP contribution in [0.3, 0.4) is 0 Å². The van der Waals surface area contributed by atoms with Gasteiger partial charge < -0.3 is 14.7 Å². The number of aldehydes is 1. The van der Waals surface area contributed by atoms with Gasteiger partial charge in [0.25, 0.3) is 5.91 Å². The Bertz CT molecular complexity index is 1340. The predicted molar refractivity (Wildman–Crippen MR) is 125 cm³/mol. The summed E-state index contributed by atoms with van der Waals surface area (Å²) in [5.74, 6) is -2.02. The maximum Gasteiger partial charge on any atom is 0.449 e. The van der Waals surface area contributed by atoms with Crippen LogP contribution in [-0.2, 0) is 11.0 Å². The van der Waals surface area contributed by atoms with Crippen molar-refractivity contribution < 1.29 is 22.8 Å². The number of nitrogens with zero attached hydrogens (tertiary/aromatic N) is 3. The summed E-state index contributed by atoms with van der Waals surface area (Å²) in [4.78, 5) is 32.3. The van der Waals surface area contributed by atoms with Crippen LogP contribution in [0.4, 0.5) is 18.9 Å². The molecule has 6 nitrogen and oxygen atoms in total. The molecule has 12 heteroatoms. The molecule has 1 atom stereocenters. The lowest BCUT2D eigenvalue weighted by atomic mass is 10.1. The minimum atomic E-state index is -4.88. The SMILES string of the molecule is Cl.O=CC(c1cccnc1)n1c(C(F)(F)F)nc2c(NC(=O)c3c(Cl)cccc3Cl)cccc21. The van der Waals surface area contributed by atoms with Crippen molar-refractivity contribution in [2.24, 2.45) is 0 Å². The number of benzene rings is 2. The number of hydrogen-bond donors (Lipinski definition) is 1. The molecule has 0 bridgehead atoms. The van der Waals surface area contributed by atoms with E-state index in [9.17, 15) is 22.8 Å². The number of carbonyl (C=O) groups is 2. The molecule has 0 aliphatic rings. The molecular formula is C22H14Cl3F3N4O2. The average molecular weight is 530 g/mol. The number of para-hydroxylation sites is 1. The normalized spacial score (nSPS) is 12.1. The quantitative estimate of drug-likeness (QED) is 0.312. The van der Waals surface area contributed by atoms with Gasteiger partial charge in [0, 0.05) is 18.0 Å². The van der Waals surface area contributed by atoms with Gasteiger partial charge in [-0.25, -0.2) is 4.98 Å². The van der Waals surface area contributed by atoms with Gasteiger partial charge in [-0.2, -0.15) is 13.2 Å². The number of alkyl halides is 3. The molecule has 0 radical (unpaired) electrons. The molecule has 4 aromatic rings. The Balaban J connectivity index is 0.00000324. The number of amides is 1. The van der Waals surface area contributed by atoms with Crippen molar-refractivity contribution in [3.8, 4) is 0 Å². The molecule has 2 heterocycles. The van der Waals surface area contributed by atoms with E-state index in [4.69, 9.17) is 23.2 Å². The first-order valence-electron chi connectivity index (χ1n) is 9.41. The third-order valence-electron chi connectivity index (χ3n) is 4.84. The second-order valence-corrected chi connectivity index (χ2v) is 7.71. The number of pyridine rings is 1. The van der Waals surface area contributed by atoms with E-state index < -0.39 is 23.9 Å². The zero-order valence-corrected chi connectivity index (χ0v) is 19.2. The number of nitrogens with one attached hydrogen (secondary N) is 1. The monoisotopic (exact) mass is 528 g/mol. The van der Waals surface area contributed by atoms with Crippen molar-refractivity contribution in [2.45, 2.75) is 12.2 Å². The number of carbonyl (C=O) groups excluding carboxylic acids is 2. The van der Waals surface area contributed by atoms with Crippen molar-refractivity contribution in [3.63, 3.8) is 0 Å². The second-order valence-electron chi connectivity index (χ2n) is 6.89. The molecule has 0 aliphatic carbocycles.